The van der Waals surface area contributed by atoms with Crippen molar-refractivity contribution in [2.75, 3.05) is 0 Å². The zero-order valence-corrected chi connectivity index (χ0v) is 17.8. The Kier molecular flexibility index (Phi) is 3.95. The van der Waals surface area contributed by atoms with Crippen molar-refractivity contribution in [3.63, 3.8) is 0 Å². The lowest BCUT2D eigenvalue weighted by molar-refractivity contribution is 0.735. The summed E-state index contributed by atoms with van der Waals surface area (Å²) in [6.07, 6.45) is 0. The Morgan fingerprint density at radius 3 is 2.48 bits per heavy atom. The Morgan fingerprint density at radius 1 is 1.04 bits per heavy atom. The molecule has 3 aromatic rings. The average Bonchev–Trinajstić information content (AvgIpc) is 3.02. The van der Waals surface area contributed by atoms with E-state index >= 15 is 0 Å². The van der Waals surface area contributed by atoms with E-state index in [0.717, 1.165) is 0 Å². The van der Waals surface area contributed by atoms with Crippen molar-refractivity contribution in [2.24, 2.45) is 5.92 Å². The van der Waals surface area contributed by atoms with Crippen LogP contribution in [0.3, 0.4) is 0 Å². The Labute approximate surface area is 155 Å². The first-order valence-corrected chi connectivity index (χ1v) is 13.1. The monoisotopic (exact) mass is 365 g/mol. The number of hydrogen-bond acceptors (Lipinski definition) is 2. The second-order valence-corrected chi connectivity index (χ2v) is 13.4. The van der Waals surface area contributed by atoms with Gasteiger partial charge in [-0.05, 0) is 41.5 Å². The molecule has 0 saturated carbocycles. The third-order valence-corrected chi connectivity index (χ3v) is 10.1. The third-order valence-electron chi connectivity index (χ3n) is 5.63. The van der Waals surface area contributed by atoms with Gasteiger partial charge in [0.25, 0.3) is 0 Å². The minimum Gasteiger partial charge on any atom is -0.332 e. The fourth-order valence-electron chi connectivity index (χ4n) is 4.79. The van der Waals surface area contributed by atoms with Gasteiger partial charge in [-0.3, -0.25) is 0 Å². The molecule has 1 aliphatic carbocycles. The summed E-state index contributed by atoms with van der Waals surface area (Å²) in [6.45, 7) is 14.2. The average molecular weight is 366 g/mol. The quantitative estimate of drug-likeness (QED) is 0.659. The van der Waals surface area contributed by atoms with Crippen LogP contribution in [0.25, 0.3) is 30.9 Å². The Balaban J connectivity index is 2.16. The van der Waals surface area contributed by atoms with E-state index in [9.17, 15) is 0 Å². The zero-order chi connectivity index (χ0) is 17.9. The van der Waals surface area contributed by atoms with E-state index in [1.807, 2.05) is 11.3 Å². The summed E-state index contributed by atoms with van der Waals surface area (Å²) in [4.78, 5) is 3.92. The van der Waals surface area contributed by atoms with Gasteiger partial charge in [-0.2, -0.15) is 0 Å². The van der Waals surface area contributed by atoms with E-state index in [1.54, 1.807) is 10.8 Å². The molecule has 0 saturated heterocycles. The highest BCUT2D eigenvalue weighted by molar-refractivity contribution is 7.25. The maximum Gasteiger partial charge on any atom is 0.148 e. The second-order valence-electron chi connectivity index (χ2n) is 8.20. The van der Waals surface area contributed by atoms with Gasteiger partial charge < -0.3 is 4.98 Å². The van der Waals surface area contributed by atoms with Gasteiger partial charge in [0, 0.05) is 20.2 Å². The topological polar surface area (TPSA) is 12.0 Å². The number of hydrogen-bond donors (Lipinski definition) is 1. The second kappa shape index (κ2) is 5.80. The molecule has 130 valence electrons. The van der Waals surface area contributed by atoms with Crippen LogP contribution in [0.2, 0.25) is 13.1 Å². The molecule has 0 amide bonds. The highest BCUT2D eigenvalue weighted by Gasteiger charge is 2.35. The summed E-state index contributed by atoms with van der Waals surface area (Å²) < 4.78 is 2.82. The summed E-state index contributed by atoms with van der Waals surface area (Å²) in [5.74, 6) is 0.534. The molecule has 1 atom stereocenters. The van der Waals surface area contributed by atoms with Gasteiger partial charge in [0.1, 0.15) is 8.24 Å². The SMILES string of the molecule is CC1=c2c(ccc3sc4ccccc4c23)=C([Si](C)(C)NC(C)C)C1C. The summed E-state index contributed by atoms with van der Waals surface area (Å²) in [6, 6.07) is 14.1. The predicted molar refractivity (Wildman–Crippen MR) is 116 cm³/mol. The van der Waals surface area contributed by atoms with Crippen molar-refractivity contribution in [1.29, 1.82) is 0 Å². The van der Waals surface area contributed by atoms with Crippen LogP contribution in [0.4, 0.5) is 0 Å². The molecule has 4 rings (SSSR count). The van der Waals surface area contributed by atoms with E-state index in [0.29, 0.717) is 12.0 Å². The number of thiophene rings is 1. The minimum atomic E-state index is -1.67. The van der Waals surface area contributed by atoms with Crippen LogP contribution in [-0.2, 0) is 0 Å². The van der Waals surface area contributed by atoms with Gasteiger partial charge in [-0.15, -0.1) is 11.3 Å². The van der Waals surface area contributed by atoms with E-state index in [-0.39, 0.29) is 0 Å². The van der Waals surface area contributed by atoms with Gasteiger partial charge in [0.2, 0.25) is 0 Å². The van der Waals surface area contributed by atoms with Gasteiger partial charge in [-0.1, -0.05) is 68.9 Å². The van der Waals surface area contributed by atoms with Crippen molar-refractivity contribution in [3.8, 4) is 0 Å². The smallest absolute Gasteiger partial charge is 0.148 e. The Morgan fingerprint density at radius 2 is 1.76 bits per heavy atom. The highest BCUT2D eigenvalue weighted by Crippen LogP contribution is 2.35. The first-order chi connectivity index (χ1) is 11.8. The fourth-order valence-corrected chi connectivity index (χ4v) is 9.69. The van der Waals surface area contributed by atoms with Crippen LogP contribution in [0.15, 0.2) is 36.4 Å². The summed E-state index contributed by atoms with van der Waals surface area (Å²) in [7, 11) is -1.67. The lowest BCUT2D eigenvalue weighted by Gasteiger charge is -2.31. The molecule has 1 aromatic heterocycles. The first-order valence-electron chi connectivity index (χ1n) is 9.24. The molecule has 1 N–H and O–H groups in total. The molecule has 0 aliphatic heterocycles. The van der Waals surface area contributed by atoms with Crippen molar-refractivity contribution >= 4 is 50.5 Å². The maximum absolute atomic E-state index is 3.92. The third kappa shape index (κ3) is 2.52. The summed E-state index contributed by atoms with van der Waals surface area (Å²) in [5, 5.41) is 7.59. The standard InChI is InChI=1S/C22H27NSSi/c1-13(2)23-25(5,6)22-15(4)14(3)20-17(22)11-12-19-21(20)16-9-7-8-10-18(16)24-19/h7-13,15,23H,1-6H3. The number of nitrogens with one attached hydrogen (secondary N) is 1. The summed E-state index contributed by atoms with van der Waals surface area (Å²) >= 11 is 1.92. The van der Waals surface area contributed by atoms with Crippen LogP contribution >= 0.6 is 11.3 Å². The van der Waals surface area contributed by atoms with Crippen LogP contribution in [0, 0.1) is 5.92 Å². The van der Waals surface area contributed by atoms with Crippen LogP contribution in [0.1, 0.15) is 27.7 Å². The van der Waals surface area contributed by atoms with Crippen LogP contribution in [-0.4, -0.2) is 14.3 Å². The van der Waals surface area contributed by atoms with Gasteiger partial charge in [-0.25, -0.2) is 0 Å². The molecule has 1 aliphatic rings. The molecule has 0 spiro atoms. The molecule has 0 bridgehead atoms. The molecule has 1 nitrogen and oxygen atoms in total. The normalized spacial score (nSPS) is 18.0. The van der Waals surface area contributed by atoms with Crippen molar-refractivity contribution < 1.29 is 0 Å². The van der Waals surface area contributed by atoms with Crippen molar-refractivity contribution in [3.05, 3.63) is 46.8 Å². The predicted octanol–water partition coefficient (Wildman–Crippen LogP) is 4.77. The van der Waals surface area contributed by atoms with Crippen LogP contribution < -0.4 is 15.4 Å². The minimum absolute atomic E-state index is 0.524. The van der Waals surface area contributed by atoms with E-state index in [2.05, 4.69) is 82.2 Å². The Bertz CT molecular complexity index is 1100. The molecular weight excluding hydrogens is 338 g/mol. The van der Waals surface area contributed by atoms with E-state index in [1.165, 1.54) is 30.6 Å². The maximum atomic E-state index is 3.92. The number of rotatable bonds is 3. The zero-order valence-electron chi connectivity index (χ0n) is 16.0. The molecule has 0 fully saturated rings. The van der Waals surface area contributed by atoms with E-state index < -0.39 is 8.24 Å². The van der Waals surface area contributed by atoms with Crippen molar-refractivity contribution in [1.82, 2.24) is 4.98 Å². The first kappa shape index (κ1) is 17.0. The van der Waals surface area contributed by atoms with Gasteiger partial charge in [0.05, 0.1) is 0 Å². The Hall–Kier alpha value is -1.42. The molecule has 1 heterocycles. The number of benzene rings is 2. The number of fused-ring (bicyclic) bond motifs is 5. The van der Waals surface area contributed by atoms with Crippen LogP contribution in [0.5, 0.6) is 0 Å². The molecule has 25 heavy (non-hydrogen) atoms. The molecule has 1 unspecified atom stereocenters. The molecule has 3 heteroatoms. The fraction of sp³-hybridized carbons (Fsp3) is 0.364. The largest absolute Gasteiger partial charge is 0.332 e. The lowest BCUT2D eigenvalue weighted by Crippen LogP contribution is -2.52. The van der Waals surface area contributed by atoms with Crippen molar-refractivity contribution in [2.45, 2.75) is 46.8 Å². The molecular formula is C22H27NSSi. The summed E-state index contributed by atoms with van der Waals surface area (Å²) in [5.41, 5.74) is 1.55. The van der Waals surface area contributed by atoms with Gasteiger partial charge in [0.15, 0.2) is 0 Å². The lowest BCUT2D eigenvalue weighted by atomic mass is 10.0. The molecule has 0 radical (unpaired) electrons. The highest BCUT2D eigenvalue weighted by atomic mass is 32.1. The molecule has 2 aromatic carbocycles. The van der Waals surface area contributed by atoms with Gasteiger partial charge >= 0.3 is 0 Å². The van der Waals surface area contributed by atoms with E-state index in [4.69, 9.17) is 0 Å².